The van der Waals surface area contributed by atoms with Gasteiger partial charge in [0.25, 0.3) is 5.91 Å². The van der Waals surface area contributed by atoms with Gasteiger partial charge in [0.1, 0.15) is 5.82 Å². The minimum absolute atomic E-state index is 0.0578. The van der Waals surface area contributed by atoms with Crippen LogP contribution < -0.4 is 10.6 Å². The van der Waals surface area contributed by atoms with Gasteiger partial charge in [-0.1, -0.05) is 12.8 Å². The molecule has 0 radical (unpaired) electrons. The van der Waals surface area contributed by atoms with Gasteiger partial charge in [-0.05, 0) is 41.8 Å². The third-order valence-corrected chi connectivity index (χ3v) is 3.89. The number of carbonyl (C=O) groups is 1. The van der Waals surface area contributed by atoms with E-state index in [1.807, 2.05) is 0 Å². The predicted octanol–water partition coefficient (Wildman–Crippen LogP) is 2.95. The molecule has 1 aromatic heterocycles. The van der Waals surface area contributed by atoms with Crippen molar-refractivity contribution in [2.45, 2.75) is 38.1 Å². The van der Waals surface area contributed by atoms with E-state index in [1.54, 1.807) is 19.3 Å². The fourth-order valence-corrected chi connectivity index (χ4v) is 2.76. The van der Waals surface area contributed by atoms with Crippen LogP contribution in [0.4, 0.5) is 5.82 Å². The molecule has 1 aromatic rings. The van der Waals surface area contributed by atoms with Crippen LogP contribution in [0, 0.1) is 0 Å². The highest BCUT2D eigenvalue weighted by Crippen LogP contribution is 2.29. The van der Waals surface area contributed by atoms with Gasteiger partial charge in [0.05, 0.1) is 5.56 Å². The zero-order valence-corrected chi connectivity index (χ0v) is 12.3. The number of amides is 1. The minimum Gasteiger partial charge on any atom is -0.372 e. The lowest BCUT2D eigenvalue weighted by Crippen LogP contribution is -2.43. The molecule has 1 aliphatic carbocycles. The summed E-state index contributed by atoms with van der Waals surface area (Å²) in [5.74, 6) is 0.551. The van der Waals surface area contributed by atoms with Crippen LogP contribution in [0.3, 0.4) is 0 Å². The van der Waals surface area contributed by atoms with Crippen molar-refractivity contribution < 1.29 is 4.79 Å². The molecule has 1 saturated carbocycles. The van der Waals surface area contributed by atoms with Crippen LogP contribution in [-0.4, -0.2) is 23.5 Å². The maximum Gasteiger partial charge on any atom is 0.255 e. The number of hydrogen-bond acceptors (Lipinski definition) is 3. The van der Waals surface area contributed by atoms with E-state index in [0.29, 0.717) is 11.4 Å². The lowest BCUT2D eigenvalue weighted by Gasteiger charge is -2.25. The number of halogens is 1. The fourth-order valence-electron chi connectivity index (χ4n) is 2.43. The molecule has 2 N–H and O–H groups in total. The Hall–Kier alpha value is -1.10. The van der Waals surface area contributed by atoms with Gasteiger partial charge >= 0.3 is 0 Å². The zero-order chi connectivity index (χ0) is 13.2. The first-order chi connectivity index (χ1) is 8.54. The molecule has 0 saturated heterocycles. The number of rotatable bonds is 3. The molecule has 0 aliphatic heterocycles. The van der Waals surface area contributed by atoms with Crippen molar-refractivity contribution in [1.82, 2.24) is 10.3 Å². The summed E-state index contributed by atoms with van der Waals surface area (Å²) in [5, 5.41) is 6.08. The smallest absolute Gasteiger partial charge is 0.255 e. The summed E-state index contributed by atoms with van der Waals surface area (Å²) < 4.78 is 0.809. The van der Waals surface area contributed by atoms with E-state index in [0.717, 1.165) is 17.3 Å². The summed E-state index contributed by atoms with van der Waals surface area (Å²) in [6.45, 7) is 2.11. The normalized spacial score (nSPS) is 17.5. The van der Waals surface area contributed by atoms with Gasteiger partial charge in [-0.15, -0.1) is 0 Å². The highest BCUT2D eigenvalue weighted by molar-refractivity contribution is 9.10. The van der Waals surface area contributed by atoms with Crippen LogP contribution in [-0.2, 0) is 0 Å². The minimum atomic E-state index is -0.0651. The molecule has 18 heavy (non-hydrogen) atoms. The number of nitrogens with one attached hydrogen (secondary N) is 2. The Kier molecular flexibility index (Phi) is 3.90. The van der Waals surface area contributed by atoms with Gasteiger partial charge in [-0.2, -0.15) is 0 Å². The van der Waals surface area contributed by atoms with Gasteiger partial charge in [-0.3, -0.25) is 4.79 Å². The summed E-state index contributed by atoms with van der Waals surface area (Å²) in [6.07, 6.45) is 6.16. The summed E-state index contributed by atoms with van der Waals surface area (Å²) in [5.41, 5.74) is 0.518. The molecule has 1 aliphatic rings. The molecule has 1 heterocycles. The third-order valence-electron chi connectivity index (χ3n) is 3.46. The average Bonchev–Trinajstić information content (AvgIpc) is 2.75. The molecule has 0 unspecified atom stereocenters. The molecule has 0 atom stereocenters. The average molecular weight is 312 g/mol. The molecule has 1 amide bonds. The maximum atomic E-state index is 12.3. The molecule has 2 rings (SSSR count). The van der Waals surface area contributed by atoms with E-state index >= 15 is 0 Å². The number of anilines is 1. The van der Waals surface area contributed by atoms with E-state index < -0.39 is 0 Å². The second kappa shape index (κ2) is 5.26. The van der Waals surface area contributed by atoms with E-state index in [9.17, 15) is 4.79 Å². The van der Waals surface area contributed by atoms with E-state index in [4.69, 9.17) is 0 Å². The van der Waals surface area contributed by atoms with Crippen LogP contribution in [0.1, 0.15) is 43.0 Å². The number of nitrogens with zero attached hydrogens (tertiary/aromatic N) is 1. The van der Waals surface area contributed by atoms with Crippen LogP contribution in [0.15, 0.2) is 16.7 Å². The van der Waals surface area contributed by atoms with Crippen molar-refractivity contribution in [2.75, 3.05) is 12.4 Å². The summed E-state index contributed by atoms with van der Waals surface area (Å²) in [7, 11) is 1.77. The number of pyridine rings is 1. The molecule has 0 spiro atoms. The van der Waals surface area contributed by atoms with Crippen LogP contribution in [0.25, 0.3) is 0 Å². The number of aromatic nitrogens is 1. The second-order valence-corrected chi connectivity index (χ2v) is 5.94. The van der Waals surface area contributed by atoms with E-state index in [1.165, 1.54) is 12.8 Å². The van der Waals surface area contributed by atoms with E-state index in [-0.39, 0.29) is 11.4 Å². The predicted molar refractivity (Wildman–Crippen MR) is 75.8 cm³/mol. The molecular weight excluding hydrogens is 294 g/mol. The van der Waals surface area contributed by atoms with Crippen LogP contribution >= 0.6 is 15.9 Å². The van der Waals surface area contributed by atoms with Crippen molar-refractivity contribution >= 4 is 27.7 Å². The Labute approximate surface area is 116 Å². The van der Waals surface area contributed by atoms with Gasteiger partial charge in [0, 0.05) is 23.3 Å². The monoisotopic (exact) mass is 311 g/mol. The second-order valence-electron chi connectivity index (χ2n) is 5.02. The molecule has 1 fully saturated rings. The number of hydrogen-bond donors (Lipinski definition) is 2. The molecule has 98 valence electrons. The van der Waals surface area contributed by atoms with Crippen molar-refractivity contribution in [1.29, 1.82) is 0 Å². The molecule has 4 nitrogen and oxygen atoms in total. The first-order valence-corrected chi connectivity index (χ1v) is 6.99. The number of carbonyl (C=O) groups excluding carboxylic acids is 1. The summed E-state index contributed by atoms with van der Waals surface area (Å²) in [4.78, 5) is 16.5. The Bertz CT molecular complexity index is 456. The third kappa shape index (κ3) is 2.83. The Morgan fingerprint density at radius 2 is 2.11 bits per heavy atom. The maximum absolute atomic E-state index is 12.3. The first-order valence-electron chi connectivity index (χ1n) is 6.20. The lowest BCUT2D eigenvalue weighted by atomic mass is 10.00. The Morgan fingerprint density at radius 3 is 2.72 bits per heavy atom. The standard InChI is InChI=1S/C13H18BrN3O/c1-13(5-3-4-6-13)17-12(18)10-7-9(14)8-16-11(10)15-2/h7-8H,3-6H2,1-2H3,(H,15,16)(H,17,18). The highest BCUT2D eigenvalue weighted by Gasteiger charge is 2.31. The van der Waals surface area contributed by atoms with E-state index in [2.05, 4.69) is 38.5 Å². The Balaban J connectivity index is 2.20. The first kappa shape index (κ1) is 13.3. The molecule has 0 bridgehead atoms. The van der Waals surface area contributed by atoms with Crippen LogP contribution in [0.2, 0.25) is 0 Å². The SMILES string of the molecule is CNc1ncc(Br)cc1C(=O)NC1(C)CCCC1. The lowest BCUT2D eigenvalue weighted by molar-refractivity contribution is 0.0908. The topological polar surface area (TPSA) is 54.0 Å². The van der Waals surface area contributed by atoms with Gasteiger partial charge in [0.2, 0.25) is 0 Å². The quantitative estimate of drug-likeness (QED) is 0.902. The summed E-state index contributed by atoms with van der Waals surface area (Å²) >= 11 is 3.35. The molecular formula is C13H18BrN3O. The fraction of sp³-hybridized carbons (Fsp3) is 0.538. The van der Waals surface area contributed by atoms with Crippen molar-refractivity contribution in [3.63, 3.8) is 0 Å². The van der Waals surface area contributed by atoms with Gasteiger partial charge in [-0.25, -0.2) is 4.98 Å². The largest absolute Gasteiger partial charge is 0.372 e. The molecule has 0 aromatic carbocycles. The highest BCUT2D eigenvalue weighted by atomic mass is 79.9. The Morgan fingerprint density at radius 1 is 1.44 bits per heavy atom. The van der Waals surface area contributed by atoms with Crippen molar-refractivity contribution in [2.24, 2.45) is 0 Å². The summed E-state index contributed by atoms with van der Waals surface area (Å²) in [6, 6.07) is 1.80. The van der Waals surface area contributed by atoms with Crippen LogP contribution in [0.5, 0.6) is 0 Å². The van der Waals surface area contributed by atoms with Crippen molar-refractivity contribution in [3.05, 3.63) is 22.3 Å². The molecule has 5 heteroatoms. The van der Waals surface area contributed by atoms with Gasteiger partial charge in [0.15, 0.2) is 0 Å². The van der Waals surface area contributed by atoms with Gasteiger partial charge < -0.3 is 10.6 Å². The van der Waals surface area contributed by atoms with Crippen molar-refractivity contribution in [3.8, 4) is 0 Å². The zero-order valence-electron chi connectivity index (χ0n) is 10.7.